The molecule has 0 unspecified atom stereocenters. The SMILES string of the molecule is CN1CCN(c2nc(NCc3ccccn3)c3cc(Cl)ncc3n2)CC1. The van der Waals surface area contributed by atoms with E-state index in [2.05, 4.69) is 32.1 Å². The maximum Gasteiger partial charge on any atom is 0.228 e. The molecule has 0 amide bonds. The second kappa shape index (κ2) is 7.39. The second-order valence-electron chi connectivity index (χ2n) is 6.36. The van der Waals surface area contributed by atoms with Gasteiger partial charge in [0.1, 0.15) is 11.0 Å². The van der Waals surface area contributed by atoms with Gasteiger partial charge in [0, 0.05) is 37.8 Å². The number of hydrogen-bond acceptors (Lipinski definition) is 7. The van der Waals surface area contributed by atoms with E-state index >= 15 is 0 Å². The van der Waals surface area contributed by atoms with Crippen LogP contribution in [0.15, 0.2) is 36.7 Å². The van der Waals surface area contributed by atoms with Crippen LogP contribution in [-0.2, 0) is 6.54 Å². The molecule has 8 heteroatoms. The van der Waals surface area contributed by atoms with Crippen LogP contribution in [0.3, 0.4) is 0 Å². The number of piperazine rings is 1. The van der Waals surface area contributed by atoms with Crippen LogP contribution in [0, 0.1) is 0 Å². The lowest BCUT2D eigenvalue weighted by Crippen LogP contribution is -2.45. The van der Waals surface area contributed by atoms with E-state index in [9.17, 15) is 0 Å². The van der Waals surface area contributed by atoms with Crippen molar-refractivity contribution in [2.75, 3.05) is 43.4 Å². The minimum Gasteiger partial charge on any atom is -0.364 e. The van der Waals surface area contributed by atoms with Gasteiger partial charge in [-0.3, -0.25) is 4.98 Å². The summed E-state index contributed by atoms with van der Waals surface area (Å²) in [5.74, 6) is 1.47. The molecule has 0 radical (unpaired) electrons. The Bertz CT molecular complexity index is 895. The molecule has 0 aliphatic carbocycles. The predicted molar refractivity (Wildman–Crippen MR) is 104 cm³/mol. The topological polar surface area (TPSA) is 70.1 Å². The third kappa shape index (κ3) is 3.68. The van der Waals surface area contributed by atoms with Gasteiger partial charge >= 0.3 is 0 Å². The highest BCUT2D eigenvalue weighted by atomic mass is 35.5. The highest BCUT2D eigenvalue weighted by Crippen LogP contribution is 2.26. The monoisotopic (exact) mass is 369 g/mol. The summed E-state index contributed by atoms with van der Waals surface area (Å²) < 4.78 is 0. The quantitative estimate of drug-likeness (QED) is 0.708. The average molecular weight is 370 g/mol. The molecule has 3 aromatic heterocycles. The molecule has 0 spiro atoms. The number of halogens is 1. The van der Waals surface area contributed by atoms with Crippen LogP contribution in [0.1, 0.15) is 5.69 Å². The Hall–Kier alpha value is -2.51. The van der Waals surface area contributed by atoms with E-state index in [1.165, 1.54) is 0 Å². The largest absolute Gasteiger partial charge is 0.364 e. The zero-order chi connectivity index (χ0) is 17.9. The van der Waals surface area contributed by atoms with E-state index in [1.807, 2.05) is 18.2 Å². The summed E-state index contributed by atoms with van der Waals surface area (Å²) in [6.45, 7) is 4.38. The van der Waals surface area contributed by atoms with Gasteiger partial charge in [0.15, 0.2) is 0 Å². The van der Waals surface area contributed by atoms with Crippen LogP contribution in [-0.4, -0.2) is 58.1 Å². The lowest BCUT2D eigenvalue weighted by Gasteiger charge is -2.32. The van der Waals surface area contributed by atoms with E-state index < -0.39 is 0 Å². The Morgan fingerprint density at radius 2 is 1.96 bits per heavy atom. The molecule has 1 N–H and O–H groups in total. The number of fused-ring (bicyclic) bond motifs is 1. The van der Waals surface area contributed by atoms with Crippen LogP contribution in [0.2, 0.25) is 5.15 Å². The fourth-order valence-electron chi connectivity index (χ4n) is 2.95. The Kier molecular flexibility index (Phi) is 4.81. The summed E-state index contributed by atoms with van der Waals surface area (Å²) in [5, 5.41) is 4.67. The predicted octanol–water partition coefficient (Wildman–Crippen LogP) is 2.44. The molecular formula is C18H20ClN7. The second-order valence-corrected chi connectivity index (χ2v) is 6.75. The Labute approximate surface area is 157 Å². The first-order valence-corrected chi connectivity index (χ1v) is 8.97. The number of nitrogens with zero attached hydrogens (tertiary/aromatic N) is 6. The molecule has 0 saturated carbocycles. The van der Waals surface area contributed by atoms with Gasteiger partial charge in [0.2, 0.25) is 5.95 Å². The van der Waals surface area contributed by atoms with Gasteiger partial charge in [-0.2, -0.15) is 4.98 Å². The lowest BCUT2D eigenvalue weighted by molar-refractivity contribution is 0.311. The number of anilines is 2. The third-order valence-electron chi connectivity index (χ3n) is 4.49. The number of likely N-dealkylation sites (N-methyl/N-ethyl adjacent to an activating group) is 1. The molecule has 1 aliphatic rings. The van der Waals surface area contributed by atoms with Crippen LogP contribution >= 0.6 is 11.6 Å². The minimum atomic E-state index is 0.425. The van der Waals surface area contributed by atoms with Crippen LogP contribution in [0.4, 0.5) is 11.8 Å². The standard InChI is InChI=1S/C18H20ClN7/c1-25-6-8-26(9-7-25)18-23-15-12-21-16(19)10-14(15)17(24-18)22-11-13-4-2-3-5-20-13/h2-5,10,12H,6-9,11H2,1H3,(H,22,23,24). The molecular weight excluding hydrogens is 350 g/mol. The summed E-state index contributed by atoms with van der Waals surface area (Å²) >= 11 is 6.09. The highest BCUT2D eigenvalue weighted by Gasteiger charge is 2.18. The van der Waals surface area contributed by atoms with Crippen molar-refractivity contribution in [2.24, 2.45) is 0 Å². The summed E-state index contributed by atoms with van der Waals surface area (Å²) in [4.78, 5) is 22.5. The van der Waals surface area contributed by atoms with Crippen molar-refractivity contribution in [3.05, 3.63) is 47.5 Å². The Balaban J connectivity index is 1.67. The molecule has 0 atom stereocenters. The molecule has 1 fully saturated rings. The first-order valence-electron chi connectivity index (χ1n) is 8.59. The third-order valence-corrected chi connectivity index (χ3v) is 4.69. The average Bonchev–Trinajstić information content (AvgIpc) is 2.67. The molecule has 1 saturated heterocycles. The van der Waals surface area contributed by atoms with Crippen molar-refractivity contribution in [1.82, 2.24) is 24.8 Å². The minimum absolute atomic E-state index is 0.425. The molecule has 0 aromatic carbocycles. The van der Waals surface area contributed by atoms with Crippen molar-refractivity contribution in [1.29, 1.82) is 0 Å². The van der Waals surface area contributed by atoms with Gasteiger partial charge in [-0.1, -0.05) is 17.7 Å². The van der Waals surface area contributed by atoms with Gasteiger partial charge in [-0.25, -0.2) is 9.97 Å². The van der Waals surface area contributed by atoms with E-state index in [0.29, 0.717) is 11.7 Å². The molecule has 26 heavy (non-hydrogen) atoms. The van der Waals surface area contributed by atoms with E-state index in [-0.39, 0.29) is 0 Å². The van der Waals surface area contributed by atoms with E-state index in [0.717, 1.165) is 54.5 Å². The van der Waals surface area contributed by atoms with Crippen LogP contribution in [0.25, 0.3) is 10.9 Å². The Morgan fingerprint density at radius 3 is 2.73 bits per heavy atom. The summed E-state index contributed by atoms with van der Waals surface area (Å²) in [6, 6.07) is 7.65. The summed E-state index contributed by atoms with van der Waals surface area (Å²) in [5.41, 5.74) is 1.72. The maximum atomic E-state index is 6.09. The Morgan fingerprint density at radius 1 is 1.12 bits per heavy atom. The van der Waals surface area contributed by atoms with E-state index in [4.69, 9.17) is 21.6 Å². The zero-order valence-electron chi connectivity index (χ0n) is 14.6. The van der Waals surface area contributed by atoms with E-state index in [1.54, 1.807) is 18.5 Å². The number of pyridine rings is 2. The van der Waals surface area contributed by atoms with Crippen LogP contribution < -0.4 is 10.2 Å². The first-order chi connectivity index (χ1) is 12.7. The van der Waals surface area contributed by atoms with Crippen molar-refractivity contribution in [2.45, 2.75) is 6.54 Å². The fourth-order valence-corrected chi connectivity index (χ4v) is 3.11. The van der Waals surface area contributed by atoms with Crippen molar-refractivity contribution in [3.63, 3.8) is 0 Å². The summed E-state index contributed by atoms with van der Waals surface area (Å²) in [6.07, 6.45) is 3.48. The molecule has 3 aromatic rings. The van der Waals surface area contributed by atoms with Crippen molar-refractivity contribution >= 4 is 34.3 Å². The number of rotatable bonds is 4. The van der Waals surface area contributed by atoms with Gasteiger partial charge in [0.05, 0.1) is 24.0 Å². The fraction of sp³-hybridized carbons (Fsp3) is 0.333. The summed E-state index contributed by atoms with van der Waals surface area (Å²) in [7, 11) is 2.13. The van der Waals surface area contributed by atoms with Crippen LogP contribution in [0.5, 0.6) is 0 Å². The van der Waals surface area contributed by atoms with Gasteiger partial charge in [-0.05, 0) is 25.2 Å². The molecule has 134 valence electrons. The number of nitrogens with one attached hydrogen (secondary N) is 1. The van der Waals surface area contributed by atoms with Crippen molar-refractivity contribution < 1.29 is 0 Å². The molecule has 1 aliphatic heterocycles. The molecule has 4 rings (SSSR count). The first kappa shape index (κ1) is 16.9. The molecule has 0 bridgehead atoms. The smallest absolute Gasteiger partial charge is 0.228 e. The van der Waals surface area contributed by atoms with Gasteiger partial charge < -0.3 is 15.1 Å². The molecule has 4 heterocycles. The number of aromatic nitrogens is 4. The van der Waals surface area contributed by atoms with Crippen molar-refractivity contribution in [3.8, 4) is 0 Å². The van der Waals surface area contributed by atoms with Gasteiger partial charge in [0.25, 0.3) is 0 Å². The lowest BCUT2D eigenvalue weighted by atomic mass is 10.2. The molecule has 7 nitrogen and oxygen atoms in total. The van der Waals surface area contributed by atoms with Gasteiger partial charge in [-0.15, -0.1) is 0 Å². The normalized spacial score (nSPS) is 15.4. The maximum absolute atomic E-state index is 6.09. The number of hydrogen-bond donors (Lipinski definition) is 1. The highest BCUT2D eigenvalue weighted by molar-refractivity contribution is 6.30. The zero-order valence-corrected chi connectivity index (χ0v) is 15.3.